The predicted molar refractivity (Wildman–Crippen MR) is 203 cm³/mol. The second-order valence-corrected chi connectivity index (χ2v) is 14.2. The van der Waals surface area contributed by atoms with Crippen LogP contribution < -0.4 is 0 Å². The van der Waals surface area contributed by atoms with Gasteiger partial charge in [-0.25, -0.2) is 9.59 Å². The van der Waals surface area contributed by atoms with E-state index in [1.807, 2.05) is 97.9 Å². The Labute approximate surface area is 314 Å². The van der Waals surface area contributed by atoms with Gasteiger partial charge in [-0.1, -0.05) is 134 Å². The maximum atomic E-state index is 13.5. The molecule has 0 N–H and O–H groups in total. The lowest BCUT2D eigenvalue weighted by Crippen LogP contribution is -2.61. The Morgan fingerprint density at radius 2 is 1.11 bits per heavy atom. The molecule has 0 aromatic heterocycles. The Kier molecular flexibility index (Phi) is 12.2. The quantitative estimate of drug-likeness (QED) is 0.104. The minimum Gasteiger partial charge on any atom is -0.452 e. The van der Waals surface area contributed by atoms with Crippen molar-refractivity contribution in [2.45, 2.75) is 55.9 Å². The summed E-state index contributed by atoms with van der Waals surface area (Å²) in [5.74, 6) is 0.0682. The van der Waals surface area contributed by atoms with Crippen molar-refractivity contribution in [1.82, 2.24) is 0 Å². The highest BCUT2D eigenvalue weighted by atomic mass is 32.2. The molecule has 0 radical (unpaired) electrons. The molecule has 5 atom stereocenters. The predicted octanol–water partition coefficient (Wildman–Crippen LogP) is 8.83. The van der Waals surface area contributed by atoms with E-state index in [4.69, 9.17) is 28.4 Å². The van der Waals surface area contributed by atoms with E-state index in [2.05, 4.69) is 24.3 Å². The summed E-state index contributed by atoms with van der Waals surface area (Å²) in [5.41, 5.74) is 6.16. The van der Waals surface area contributed by atoms with E-state index in [9.17, 15) is 9.59 Å². The molecule has 0 spiro atoms. The van der Waals surface area contributed by atoms with E-state index in [1.165, 1.54) is 11.8 Å². The fourth-order valence-corrected chi connectivity index (χ4v) is 7.86. The van der Waals surface area contributed by atoms with E-state index >= 15 is 0 Å². The average molecular weight is 731 g/mol. The number of rotatable bonds is 14. The van der Waals surface area contributed by atoms with Crippen molar-refractivity contribution in [2.75, 3.05) is 19.0 Å². The van der Waals surface area contributed by atoms with Gasteiger partial charge < -0.3 is 28.4 Å². The molecule has 272 valence electrons. The highest BCUT2D eigenvalue weighted by molar-refractivity contribution is 7.99. The van der Waals surface area contributed by atoms with Gasteiger partial charge in [0.1, 0.15) is 37.0 Å². The lowest BCUT2D eigenvalue weighted by atomic mass is 9.98. The zero-order chi connectivity index (χ0) is 36.4. The van der Waals surface area contributed by atoms with Crippen LogP contribution in [0, 0.1) is 0 Å². The number of hydrogen-bond donors (Lipinski definition) is 0. The van der Waals surface area contributed by atoms with Gasteiger partial charge in [-0.2, -0.15) is 0 Å². The Bertz CT molecular complexity index is 1890. The zero-order valence-electron chi connectivity index (χ0n) is 29.5. The number of ether oxygens (including phenoxy) is 6. The minimum absolute atomic E-state index is 0.107. The molecule has 1 heterocycles. The van der Waals surface area contributed by atoms with Crippen LogP contribution in [0.5, 0.6) is 0 Å². The van der Waals surface area contributed by atoms with Crippen LogP contribution in [0.1, 0.15) is 45.5 Å². The third-order valence-electron chi connectivity index (χ3n) is 9.44. The number of thioether (sulfide) groups is 1. The molecule has 1 fully saturated rings. The molecule has 5 aromatic carbocycles. The fourth-order valence-electron chi connectivity index (χ4n) is 6.91. The Balaban J connectivity index is 1.12. The van der Waals surface area contributed by atoms with Crippen LogP contribution in [-0.4, -0.2) is 60.9 Å². The van der Waals surface area contributed by atoms with Crippen LogP contribution in [0.4, 0.5) is 4.79 Å². The molecule has 1 saturated heterocycles. The van der Waals surface area contributed by atoms with Crippen molar-refractivity contribution in [3.63, 3.8) is 0 Å². The summed E-state index contributed by atoms with van der Waals surface area (Å²) < 4.78 is 37.6. The van der Waals surface area contributed by atoms with E-state index in [0.717, 1.165) is 33.4 Å². The average Bonchev–Trinajstić information content (AvgIpc) is 3.53. The van der Waals surface area contributed by atoms with Crippen LogP contribution in [-0.2, 0) is 41.6 Å². The molecule has 0 amide bonds. The topological polar surface area (TPSA) is 89.5 Å². The smallest absolute Gasteiger partial charge is 0.452 e. The molecule has 1 aliphatic heterocycles. The van der Waals surface area contributed by atoms with E-state index in [0.29, 0.717) is 11.3 Å². The summed E-state index contributed by atoms with van der Waals surface area (Å²) in [6.07, 6.45) is -3.99. The van der Waals surface area contributed by atoms with Crippen molar-refractivity contribution in [3.8, 4) is 11.1 Å². The molecule has 9 heteroatoms. The van der Waals surface area contributed by atoms with Gasteiger partial charge >= 0.3 is 12.1 Å². The van der Waals surface area contributed by atoms with Crippen molar-refractivity contribution in [2.24, 2.45) is 0 Å². The van der Waals surface area contributed by atoms with Crippen LogP contribution in [0.25, 0.3) is 11.1 Å². The van der Waals surface area contributed by atoms with Crippen LogP contribution in [0.2, 0.25) is 0 Å². The summed E-state index contributed by atoms with van der Waals surface area (Å²) in [5, 5.41) is 0. The summed E-state index contributed by atoms with van der Waals surface area (Å²) in [6.45, 7) is 2.43. The molecule has 7 rings (SSSR count). The summed E-state index contributed by atoms with van der Waals surface area (Å²) in [6, 6.07) is 44.7. The highest BCUT2D eigenvalue weighted by Crippen LogP contribution is 2.44. The van der Waals surface area contributed by atoms with Gasteiger partial charge in [0.2, 0.25) is 0 Å². The largest absolute Gasteiger partial charge is 0.508 e. The molecule has 5 aromatic rings. The van der Waals surface area contributed by atoms with Gasteiger partial charge in [0, 0.05) is 5.92 Å². The molecule has 0 saturated carbocycles. The van der Waals surface area contributed by atoms with E-state index < -0.39 is 42.0 Å². The first-order chi connectivity index (χ1) is 26.1. The van der Waals surface area contributed by atoms with Crippen molar-refractivity contribution < 1.29 is 38.0 Å². The second-order valence-electron chi connectivity index (χ2n) is 12.9. The van der Waals surface area contributed by atoms with Gasteiger partial charge in [0.25, 0.3) is 0 Å². The van der Waals surface area contributed by atoms with Crippen LogP contribution >= 0.6 is 11.8 Å². The second kappa shape index (κ2) is 17.7. The lowest BCUT2D eigenvalue weighted by Gasteiger charge is -2.45. The number of carbonyl (C=O) groups excluding carboxylic acids is 2. The van der Waals surface area contributed by atoms with Gasteiger partial charge in [0.05, 0.1) is 18.8 Å². The first kappa shape index (κ1) is 36.4. The molecule has 1 aliphatic carbocycles. The Morgan fingerprint density at radius 3 is 1.70 bits per heavy atom. The van der Waals surface area contributed by atoms with Gasteiger partial charge in [-0.3, -0.25) is 0 Å². The molecule has 0 bridgehead atoms. The van der Waals surface area contributed by atoms with Gasteiger partial charge in [0.15, 0.2) is 6.10 Å². The number of fused-ring (bicyclic) bond motifs is 3. The number of carbonyl (C=O) groups is 2. The standard InChI is InChI=1S/C44H42O8S/c1-2-53-43-41(52-42(45)32-20-10-5-11-21-32)40(48-27-31-18-8-4-9-19-31)39(47-26-30-16-6-3-7-17-30)38(51-43)29-50-44(46)49-28-37-35-24-14-12-22-33(35)34-23-13-15-25-36(34)37/h3-25,37-41,43H,2,26-29H2,1H3/t38-,39+,40+,41-,43+/m1/s1. The molecule has 53 heavy (non-hydrogen) atoms. The SMILES string of the molecule is CCS[C@@H]1O[C@H](COC(=O)OCC2c3ccccc3-c3ccccc32)[C@H](OCc2ccccc2)[C@H](OCc2ccccc2)[C@H]1OC(=O)c1ccccc1. The first-order valence-electron chi connectivity index (χ1n) is 17.9. The number of benzene rings is 5. The summed E-state index contributed by atoms with van der Waals surface area (Å²) >= 11 is 1.48. The van der Waals surface area contributed by atoms with E-state index in [-0.39, 0.29) is 32.3 Å². The first-order valence-corrected chi connectivity index (χ1v) is 19.0. The van der Waals surface area contributed by atoms with Crippen molar-refractivity contribution in [3.05, 3.63) is 167 Å². The summed E-state index contributed by atoms with van der Waals surface area (Å²) in [7, 11) is 0. The third-order valence-corrected chi connectivity index (χ3v) is 10.5. The fraction of sp³-hybridized carbons (Fsp3) is 0.273. The highest BCUT2D eigenvalue weighted by Gasteiger charge is 2.50. The van der Waals surface area contributed by atoms with Crippen LogP contribution in [0.3, 0.4) is 0 Å². The van der Waals surface area contributed by atoms with Gasteiger partial charge in [-0.15, -0.1) is 11.8 Å². The third kappa shape index (κ3) is 8.83. The Hall–Kier alpha value is -4.93. The summed E-state index contributed by atoms with van der Waals surface area (Å²) in [4.78, 5) is 26.8. The number of esters is 1. The maximum absolute atomic E-state index is 13.5. The Morgan fingerprint density at radius 1 is 0.604 bits per heavy atom. The molecule has 0 unspecified atom stereocenters. The van der Waals surface area contributed by atoms with Crippen molar-refractivity contribution in [1.29, 1.82) is 0 Å². The molecular formula is C44H42O8S. The molecular weight excluding hydrogens is 689 g/mol. The minimum atomic E-state index is -0.845. The molecule has 2 aliphatic rings. The monoisotopic (exact) mass is 730 g/mol. The zero-order valence-corrected chi connectivity index (χ0v) is 30.3. The molecule has 8 nitrogen and oxygen atoms in total. The lowest BCUT2D eigenvalue weighted by molar-refractivity contribution is -0.240. The number of hydrogen-bond acceptors (Lipinski definition) is 9. The van der Waals surface area contributed by atoms with Crippen LogP contribution in [0.15, 0.2) is 140 Å². The normalized spacial score (nSPS) is 20.6. The van der Waals surface area contributed by atoms with Crippen molar-refractivity contribution >= 4 is 23.9 Å². The maximum Gasteiger partial charge on any atom is 0.508 e. The van der Waals surface area contributed by atoms with E-state index in [1.54, 1.807) is 24.3 Å². The van der Waals surface area contributed by atoms with Gasteiger partial charge in [-0.05, 0) is 51.3 Å².